The first-order chi connectivity index (χ1) is 11.1. The highest BCUT2D eigenvalue weighted by atomic mass is 16.5. The Bertz CT molecular complexity index is 790. The van der Waals surface area contributed by atoms with E-state index in [0.717, 1.165) is 5.75 Å². The van der Waals surface area contributed by atoms with Crippen LogP contribution >= 0.6 is 0 Å². The van der Waals surface area contributed by atoms with Gasteiger partial charge in [-0.05, 0) is 42.7 Å². The molecule has 0 amide bonds. The van der Waals surface area contributed by atoms with Crippen LogP contribution in [0.4, 0.5) is 0 Å². The minimum atomic E-state index is 0.250. The van der Waals surface area contributed by atoms with E-state index < -0.39 is 0 Å². The van der Waals surface area contributed by atoms with Gasteiger partial charge in [0.15, 0.2) is 0 Å². The molecule has 0 saturated carbocycles. The molecule has 0 unspecified atom stereocenters. The number of hydrogen-bond donors (Lipinski definition) is 1. The molecule has 0 radical (unpaired) electrons. The Morgan fingerprint density at radius 2 is 1.74 bits per heavy atom. The van der Waals surface area contributed by atoms with Gasteiger partial charge in [-0.15, -0.1) is 5.10 Å². The number of carbonyl (C=O) groups excluding carboxylic acids is 2. The van der Waals surface area contributed by atoms with Gasteiger partial charge in [-0.3, -0.25) is 0 Å². The van der Waals surface area contributed by atoms with Gasteiger partial charge >= 0.3 is 6.15 Å². The smallest absolute Gasteiger partial charge is 0.373 e. The number of benzene rings is 2. The summed E-state index contributed by atoms with van der Waals surface area (Å²) in [6.07, 6.45) is 1.79. The number of ether oxygens (including phenoxy) is 1. The molecule has 3 aromatic rings. The first-order valence-electron chi connectivity index (χ1n) is 6.84. The van der Waals surface area contributed by atoms with E-state index in [4.69, 9.17) is 14.3 Å². The SMILES string of the molecule is Cc1ccc(-c2ccc(Oc3cn[nH]n3)cc2)c(C)c1.O=C=O. The summed E-state index contributed by atoms with van der Waals surface area (Å²) in [5, 5.41) is 10.1. The number of nitrogens with one attached hydrogen (secondary N) is 1. The van der Waals surface area contributed by atoms with Crippen LogP contribution in [0.25, 0.3) is 11.1 Å². The Labute approximate surface area is 133 Å². The minimum absolute atomic E-state index is 0.250. The van der Waals surface area contributed by atoms with Crippen molar-refractivity contribution in [2.24, 2.45) is 0 Å². The van der Waals surface area contributed by atoms with E-state index in [1.54, 1.807) is 0 Å². The lowest BCUT2D eigenvalue weighted by molar-refractivity contribution is -0.191. The van der Waals surface area contributed by atoms with Crippen molar-refractivity contribution in [1.82, 2.24) is 15.4 Å². The van der Waals surface area contributed by atoms with Crippen LogP contribution in [0, 0.1) is 13.8 Å². The molecule has 0 aliphatic carbocycles. The topological polar surface area (TPSA) is 84.9 Å². The number of nitrogens with zero attached hydrogens (tertiary/aromatic N) is 2. The van der Waals surface area contributed by atoms with Crippen LogP contribution in [-0.4, -0.2) is 21.6 Å². The zero-order valence-electron chi connectivity index (χ0n) is 12.7. The number of hydrogen-bond acceptors (Lipinski definition) is 5. The van der Waals surface area contributed by atoms with Gasteiger partial charge in [0, 0.05) is 0 Å². The van der Waals surface area contributed by atoms with Gasteiger partial charge < -0.3 is 4.74 Å². The molecule has 1 N–H and O–H groups in total. The number of aryl methyl sites for hydroxylation is 2. The Morgan fingerprint density at radius 1 is 1.04 bits per heavy atom. The summed E-state index contributed by atoms with van der Waals surface area (Å²) in [6, 6.07) is 14.4. The molecule has 2 aromatic carbocycles. The van der Waals surface area contributed by atoms with Gasteiger partial charge in [0.2, 0.25) is 0 Å². The molecule has 23 heavy (non-hydrogen) atoms. The predicted molar refractivity (Wildman–Crippen MR) is 82.8 cm³/mol. The van der Waals surface area contributed by atoms with Crippen molar-refractivity contribution in [3.05, 3.63) is 59.8 Å². The van der Waals surface area contributed by atoms with Crippen molar-refractivity contribution in [1.29, 1.82) is 0 Å². The van der Waals surface area contributed by atoms with Gasteiger partial charge in [0.1, 0.15) is 11.9 Å². The van der Waals surface area contributed by atoms with Crippen molar-refractivity contribution in [3.63, 3.8) is 0 Å². The maximum absolute atomic E-state index is 8.12. The molecule has 0 fully saturated rings. The average Bonchev–Trinajstić information content (AvgIpc) is 3.02. The summed E-state index contributed by atoms with van der Waals surface area (Å²) in [5.41, 5.74) is 4.96. The molecule has 0 saturated heterocycles. The van der Waals surface area contributed by atoms with Gasteiger partial charge in [-0.2, -0.15) is 19.9 Å². The van der Waals surface area contributed by atoms with E-state index in [0.29, 0.717) is 5.88 Å². The summed E-state index contributed by atoms with van der Waals surface area (Å²) in [6.45, 7) is 4.23. The van der Waals surface area contributed by atoms with Crippen LogP contribution < -0.4 is 4.74 Å². The van der Waals surface area contributed by atoms with Crippen LogP contribution in [0.1, 0.15) is 11.1 Å². The zero-order chi connectivity index (χ0) is 16.7. The third-order valence-corrected chi connectivity index (χ3v) is 3.16. The van der Waals surface area contributed by atoms with Crippen molar-refractivity contribution in [2.75, 3.05) is 0 Å². The van der Waals surface area contributed by atoms with E-state index in [1.165, 1.54) is 28.5 Å². The highest BCUT2D eigenvalue weighted by Crippen LogP contribution is 2.27. The van der Waals surface area contributed by atoms with Crippen LogP contribution in [0.5, 0.6) is 11.6 Å². The van der Waals surface area contributed by atoms with Crippen molar-refractivity contribution in [2.45, 2.75) is 13.8 Å². The van der Waals surface area contributed by atoms with Gasteiger partial charge in [0.25, 0.3) is 5.88 Å². The fourth-order valence-corrected chi connectivity index (χ4v) is 2.20. The van der Waals surface area contributed by atoms with E-state index in [2.05, 4.69) is 47.5 Å². The average molecular weight is 309 g/mol. The number of H-pyrrole nitrogens is 1. The molecule has 6 heteroatoms. The molecule has 6 nitrogen and oxygen atoms in total. The highest BCUT2D eigenvalue weighted by molar-refractivity contribution is 5.68. The number of aromatic nitrogens is 3. The molecule has 0 atom stereocenters. The minimum Gasteiger partial charge on any atom is -0.436 e. The molecule has 1 heterocycles. The predicted octanol–water partition coefficient (Wildman–Crippen LogP) is 3.30. The van der Waals surface area contributed by atoms with Crippen molar-refractivity contribution >= 4 is 6.15 Å². The molecular weight excluding hydrogens is 294 g/mol. The molecule has 116 valence electrons. The number of aromatic amines is 1. The molecule has 0 aliphatic rings. The van der Waals surface area contributed by atoms with E-state index in [1.807, 2.05) is 24.3 Å². The molecular formula is C17H15N3O3. The summed E-state index contributed by atoms with van der Waals surface area (Å²) in [4.78, 5) is 16.2. The Balaban J connectivity index is 0.000000595. The summed E-state index contributed by atoms with van der Waals surface area (Å²) >= 11 is 0. The van der Waals surface area contributed by atoms with Crippen molar-refractivity contribution in [3.8, 4) is 22.8 Å². The lowest BCUT2D eigenvalue weighted by Gasteiger charge is -2.08. The van der Waals surface area contributed by atoms with Crippen LogP contribution in [0.15, 0.2) is 48.7 Å². The lowest BCUT2D eigenvalue weighted by atomic mass is 9.99. The molecule has 0 bridgehead atoms. The summed E-state index contributed by atoms with van der Waals surface area (Å²) in [5.74, 6) is 1.21. The maximum atomic E-state index is 8.12. The second-order valence-electron chi connectivity index (χ2n) is 4.84. The van der Waals surface area contributed by atoms with E-state index in [9.17, 15) is 0 Å². The lowest BCUT2D eigenvalue weighted by Crippen LogP contribution is -1.87. The fraction of sp³-hybridized carbons (Fsp3) is 0.118. The standard InChI is InChI=1S/C16H15N3O.CO2/c1-11-3-8-15(12(2)9-11)13-4-6-14(7-5-13)20-16-10-17-19-18-16;2-1-3/h3-10H,1-2H3,(H,17,18,19);. The molecule has 1 aromatic heterocycles. The number of rotatable bonds is 3. The maximum Gasteiger partial charge on any atom is 0.373 e. The zero-order valence-corrected chi connectivity index (χ0v) is 12.7. The highest BCUT2D eigenvalue weighted by Gasteiger charge is 2.04. The third kappa shape index (κ3) is 4.36. The van der Waals surface area contributed by atoms with Gasteiger partial charge in [-0.25, -0.2) is 0 Å². The second-order valence-corrected chi connectivity index (χ2v) is 4.84. The van der Waals surface area contributed by atoms with E-state index in [-0.39, 0.29) is 6.15 Å². The second kappa shape index (κ2) is 7.68. The summed E-state index contributed by atoms with van der Waals surface area (Å²) in [7, 11) is 0. The Kier molecular flexibility index (Phi) is 5.39. The Morgan fingerprint density at radius 3 is 2.30 bits per heavy atom. The summed E-state index contributed by atoms with van der Waals surface area (Å²) < 4.78 is 5.55. The monoisotopic (exact) mass is 309 g/mol. The molecule has 3 rings (SSSR count). The quantitative estimate of drug-likeness (QED) is 0.802. The molecule has 0 spiro atoms. The normalized spacial score (nSPS) is 9.48. The van der Waals surface area contributed by atoms with Crippen molar-refractivity contribution < 1.29 is 14.3 Å². The van der Waals surface area contributed by atoms with Gasteiger partial charge in [-0.1, -0.05) is 35.9 Å². The first kappa shape index (κ1) is 16.1. The Hall–Kier alpha value is -3.24. The molecule has 0 aliphatic heterocycles. The van der Waals surface area contributed by atoms with Crippen LogP contribution in [0.3, 0.4) is 0 Å². The fourth-order valence-electron chi connectivity index (χ4n) is 2.20. The van der Waals surface area contributed by atoms with Crippen LogP contribution in [0.2, 0.25) is 0 Å². The van der Waals surface area contributed by atoms with Crippen LogP contribution in [-0.2, 0) is 9.59 Å². The first-order valence-corrected chi connectivity index (χ1v) is 6.84. The van der Waals surface area contributed by atoms with Gasteiger partial charge in [0.05, 0.1) is 0 Å². The third-order valence-electron chi connectivity index (χ3n) is 3.16. The van der Waals surface area contributed by atoms with E-state index >= 15 is 0 Å². The largest absolute Gasteiger partial charge is 0.436 e.